The summed E-state index contributed by atoms with van der Waals surface area (Å²) in [6, 6.07) is 4.41. The molecule has 1 aromatic carbocycles. The zero-order chi connectivity index (χ0) is 13.9. The number of nitrogens with zero attached hydrogens (tertiary/aromatic N) is 1. The fourth-order valence-electron chi connectivity index (χ4n) is 1.25. The van der Waals surface area contributed by atoms with Crippen LogP contribution in [0.3, 0.4) is 0 Å². The molecule has 1 rings (SSSR count). The number of halogens is 3. The molecular formula is C13H14F3NO. The fraction of sp³-hybridized carbons (Fsp3) is 0.308. The predicted molar refractivity (Wildman–Crippen MR) is 63.2 cm³/mol. The maximum absolute atomic E-state index is 12.5. The van der Waals surface area contributed by atoms with Crippen molar-refractivity contribution in [3.8, 4) is 0 Å². The lowest BCUT2D eigenvalue weighted by Gasteiger charge is -2.12. The first-order valence-electron chi connectivity index (χ1n) is 5.29. The monoisotopic (exact) mass is 257 g/mol. The molecule has 0 spiro atoms. The third kappa shape index (κ3) is 3.61. The Morgan fingerprint density at radius 1 is 1.28 bits per heavy atom. The summed E-state index contributed by atoms with van der Waals surface area (Å²) in [5, 5.41) is 0. The summed E-state index contributed by atoms with van der Waals surface area (Å²) in [7, 11) is 3.51. The van der Waals surface area contributed by atoms with Crippen LogP contribution in [0, 0.1) is 0 Å². The highest BCUT2D eigenvalue weighted by Gasteiger charge is 2.30. The lowest BCUT2D eigenvalue weighted by molar-refractivity contribution is -0.137. The van der Waals surface area contributed by atoms with Gasteiger partial charge in [0.05, 0.1) is 5.56 Å². The summed E-state index contributed by atoms with van der Waals surface area (Å²) in [4.78, 5) is 13.5. The van der Waals surface area contributed by atoms with E-state index < -0.39 is 17.5 Å². The van der Waals surface area contributed by atoms with E-state index in [2.05, 4.69) is 0 Å². The van der Waals surface area contributed by atoms with Crippen molar-refractivity contribution >= 4 is 5.78 Å². The van der Waals surface area contributed by atoms with Crippen LogP contribution in [-0.2, 0) is 6.18 Å². The van der Waals surface area contributed by atoms with E-state index in [0.717, 1.165) is 12.1 Å². The van der Waals surface area contributed by atoms with Crippen molar-refractivity contribution in [1.29, 1.82) is 0 Å². The van der Waals surface area contributed by atoms with Gasteiger partial charge in [-0.25, -0.2) is 0 Å². The molecule has 5 heteroatoms. The SMILES string of the molecule is CC(=CC(=O)c1cccc(C(F)(F)F)c1)N(C)C. The van der Waals surface area contributed by atoms with Crippen LogP contribution < -0.4 is 0 Å². The average Bonchev–Trinajstić information content (AvgIpc) is 2.27. The second-order valence-corrected chi connectivity index (χ2v) is 4.12. The van der Waals surface area contributed by atoms with Crippen LogP contribution in [0.2, 0.25) is 0 Å². The molecule has 1 aromatic rings. The van der Waals surface area contributed by atoms with Gasteiger partial charge in [0, 0.05) is 31.4 Å². The van der Waals surface area contributed by atoms with E-state index >= 15 is 0 Å². The van der Waals surface area contributed by atoms with E-state index in [9.17, 15) is 18.0 Å². The number of allylic oxidation sites excluding steroid dienone is 2. The van der Waals surface area contributed by atoms with Crippen LogP contribution in [0.4, 0.5) is 13.2 Å². The number of hydrogen-bond acceptors (Lipinski definition) is 2. The van der Waals surface area contributed by atoms with E-state index in [1.807, 2.05) is 0 Å². The first kappa shape index (κ1) is 14.3. The summed E-state index contributed by atoms with van der Waals surface area (Å²) < 4.78 is 37.5. The Morgan fingerprint density at radius 3 is 2.39 bits per heavy atom. The van der Waals surface area contributed by atoms with Crippen molar-refractivity contribution in [2.45, 2.75) is 13.1 Å². The minimum absolute atomic E-state index is 0.0334. The first-order chi connectivity index (χ1) is 8.21. The molecular weight excluding hydrogens is 243 g/mol. The minimum Gasteiger partial charge on any atom is -0.381 e. The van der Waals surface area contributed by atoms with Crippen LogP contribution in [0.15, 0.2) is 36.0 Å². The number of ketones is 1. The van der Waals surface area contributed by atoms with Gasteiger partial charge in [0.15, 0.2) is 5.78 Å². The molecule has 0 saturated heterocycles. The molecule has 0 atom stereocenters. The van der Waals surface area contributed by atoms with Crippen LogP contribution >= 0.6 is 0 Å². The van der Waals surface area contributed by atoms with Crippen LogP contribution in [0.1, 0.15) is 22.8 Å². The molecule has 0 fully saturated rings. The van der Waals surface area contributed by atoms with Gasteiger partial charge in [-0.2, -0.15) is 13.2 Å². The molecule has 2 nitrogen and oxygen atoms in total. The zero-order valence-electron chi connectivity index (χ0n) is 10.4. The van der Waals surface area contributed by atoms with Crippen molar-refractivity contribution in [1.82, 2.24) is 4.90 Å². The van der Waals surface area contributed by atoms with Gasteiger partial charge in [-0.15, -0.1) is 0 Å². The molecule has 0 aliphatic heterocycles. The lowest BCUT2D eigenvalue weighted by Crippen LogP contribution is -2.11. The third-order valence-electron chi connectivity index (χ3n) is 2.52. The highest BCUT2D eigenvalue weighted by atomic mass is 19.4. The topological polar surface area (TPSA) is 20.3 Å². The van der Waals surface area contributed by atoms with E-state index in [4.69, 9.17) is 0 Å². The molecule has 0 radical (unpaired) electrons. The number of carbonyl (C=O) groups excluding carboxylic acids is 1. The molecule has 0 aromatic heterocycles. The summed E-state index contributed by atoms with van der Waals surface area (Å²) in [5.74, 6) is -0.438. The lowest BCUT2D eigenvalue weighted by atomic mass is 10.1. The third-order valence-corrected chi connectivity index (χ3v) is 2.52. The molecule has 0 amide bonds. The molecule has 0 saturated carbocycles. The largest absolute Gasteiger partial charge is 0.416 e. The van der Waals surface area contributed by atoms with Gasteiger partial charge in [-0.05, 0) is 19.1 Å². The Hall–Kier alpha value is -1.78. The van der Waals surface area contributed by atoms with Gasteiger partial charge in [0.1, 0.15) is 0 Å². The Morgan fingerprint density at radius 2 is 1.89 bits per heavy atom. The molecule has 98 valence electrons. The number of alkyl halides is 3. The van der Waals surface area contributed by atoms with Crippen molar-refractivity contribution in [2.24, 2.45) is 0 Å². The highest BCUT2D eigenvalue weighted by molar-refractivity contribution is 6.04. The summed E-state index contributed by atoms with van der Waals surface area (Å²) in [5.41, 5.74) is -0.104. The van der Waals surface area contributed by atoms with Crippen molar-refractivity contribution in [3.63, 3.8) is 0 Å². The van der Waals surface area contributed by atoms with Gasteiger partial charge in [0.2, 0.25) is 0 Å². The number of carbonyl (C=O) groups is 1. The summed E-state index contributed by atoms with van der Waals surface area (Å²) in [6.07, 6.45) is -3.12. The smallest absolute Gasteiger partial charge is 0.381 e. The quantitative estimate of drug-likeness (QED) is 0.611. The Labute approximate surface area is 104 Å². The first-order valence-corrected chi connectivity index (χ1v) is 5.29. The summed E-state index contributed by atoms with van der Waals surface area (Å²) in [6.45, 7) is 1.71. The van der Waals surface area contributed by atoms with Crippen LogP contribution in [0.25, 0.3) is 0 Å². The standard InChI is InChI=1S/C13H14F3NO/c1-9(17(2)3)7-12(18)10-5-4-6-11(8-10)13(14,15)16/h4-8H,1-3H3. The second-order valence-electron chi connectivity index (χ2n) is 4.12. The van der Waals surface area contributed by atoms with Gasteiger partial charge in [-0.3, -0.25) is 4.79 Å². The van der Waals surface area contributed by atoms with E-state index in [-0.39, 0.29) is 5.56 Å². The van der Waals surface area contributed by atoms with Crippen molar-refractivity contribution in [2.75, 3.05) is 14.1 Å². The minimum atomic E-state index is -4.43. The second kappa shape index (κ2) is 5.25. The number of benzene rings is 1. The van der Waals surface area contributed by atoms with Crippen LogP contribution in [-0.4, -0.2) is 24.8 Å². The van der Waals surface area contributed by atoms with Gasteiger partial charge in [-0.1, -0.05) is 12.1 Å². The molecule has 0 bridgehead atoms. The average molecular weight is 257 g/mol. The van der Waals surface area contributed by atoms with Crippen LogP contribution in [0.5, 0.6) is 0 Å². The molecule has 0 heterocycles. The highest BCUT2D eigenvalue weighted by Crippen LogP contribution is 2.29. The van der Waals surface area contributed by atoms with Gasteiger partial charge >= 0.3 is 6.18 Å². The van der Waals surface area contributed by atoms with Gasteiger partial charge < -0.3 is 4.90 Å². The van der Waals surface area contributed by atoms with Crippen molar-refractivity contribution in [3.05, 3.63) is 47.2 Å². The molecule has 0 aliphatic rings. The molecule has 18 heavy (non-hydrogen) atoms. The number of rotatable bonds is 3. The Balaban J connectivity index is 3.05. The van der Waals surface area contributed by atoms with E-state index in [1.54, 1.807) is 25.9 Å². The maximum atomic E-state index is 12.5. The zero-order valence-corrected chi connectivity index (χ0v) is 10.4. The predicted octanol–water partition coefficient (Wildman–Crippen LogP) is 3.35. The number of hydrogen-bond donors (Lipinski definition) is 0. The normalized spacial score (nSPS) is 12.4. The van der Waals surface area contributed by atoms with E-state index in [1.165, 1.54) is 18.2 Å². The Bertz CT molecular complexity index is 475. The van der Waals surface area contributed by atoms with E-state index in [0.29, 0.717) is 5.70 Å². The van der Waals surface area contributed by atoms with Crippen molar-refractivity contribution < 1.29 is 18.0 Å². The van der Waals surface area contributed by atoms with Gasteiger partial charge in [0.25, 0.3) is 0 Å². The summed E-state index contributed by atoms with van der Waals surface area (Å²) >= 11 is 0. The fourth-order valence-corrected chi connectivity index (χ4v) is 1.25. The molecule has 0 N–H and O–H groups in total. The molecule has 0 unspecified atom stereocenters. The Kier molecular flexibility index (Phi) is 4.16. The molecule has 0 aliphatic carbocycles. The maximum Gasteiger partial charge on any atom is 0.416 e.